The highest BCUT2D eigenvalue weighted by Crippen LogP contribution is 2.33. The number of fused-ring (bicyclic) bond motifs is 3. The molecule has 0 aliphatic carbocycles. The third kappa shape index (κ3) is 4.56. The van der Waals surface area contributed by atoms with Gasteiger partial charge in [0.2, 0.25) is 0 Å². The third-order valence-electron chi connectivity index (χ3n) is 6.46. The van der Waals surface area contributed by atoms with Crippen LogP contribution in [0.15, 0.2) is 84.9 Å². The first-order valence-electron chi connectivity index (χ1n) is 11.9. The number of aryl methyl sites for hydroxylation is 2. The van der Waals surface area contributed by atoms with E-state index in [2.05, 4.69) is 89.9 Å². The van der Waals surface area contributed by atoms with Gasteiger partial charge in [0.25, 0.3) is 0 Å². The fourth-order valence-electron chi connectivity index (χ4n) is 4.68. The smallest absolute Gasteiger partial charge is 0.0465 e. The van der Waals surface area contributed by atoms with E-state index in [0.29, 0.717) is 0 Å². The lowest BCUT2D eigenvalue weighted by molar-refractivity contribution is 0.833. The lowest BCUT2D eigenvalue weighted by Crippen LogP contribution is -2.00. The molecule has 0 spiro atoms. The van der Waals surface area contributed by atoms with Crippen molar-refractivity contribution in [3.8, 4) is 22.3 Å². The minimum Gasteiger partial charge on any atom is -0.355 e. The van der Waals surface area contributed by atoms with E-state index in [0.717, 1.165) is 38.8 Å². The predicted molar refractivity (Wildman–Crippen MR) is 141 cm³/mol. The fraction of sp³-hybridized carbons (Fsp3) is 0.200. The Morgan fingerprint density at radius 3 is 1.42 bits per heavy atom. The molecule has 0 saturated heterocycles. The monoisotopic (exact) mass is 433 g/mol. The molecule has 0 fully saturated rings. The van der Waals surface area contributed by atoms with E-state index in [1.165, 1.54) is 55.2 Å². The molecule has 3 nitrogen and oxygen atoms in total. The summed E-state index contributed by atoms with van der Waals surface area (Å²) in [5.41, 5.74) is 21.4. The van der Waals surface area contributed by atoms with Crippen LogP contribution in [0.1, 0.15) is 24.0 Å². The number of nitrogens with two attached hydrogens (primary N) is 2. The molecular formula is C30H31N3. The standard InChI is InChI=1S/C30H31N3/c31-15-3-7-21-5-1-9-23(17-21)25-11-13-29-27(19-25)28-20-26(12-14-30(28)33-29)24-10-2-6-22(18-24)8-4-16-32/h1-2,5-6,9-14,17-20,33H,3-4,7-8,15-16,31-32H2. The Balaban J connectivity index is 1.55. The van der Waals surface area contributed by atoms with Gasteiger partial charge in [0.05, 0.1) is 0 Å². The Morgan fingerprint density at radius 2 is 0.970 bits per heavy atom. The van der Waals surface area contributed by atoms with E-state index in [-0.39, 0.29) is 0 Å². The maximum atomic E-state index is 5.70. The highest BCUT2D eigenvalue weighted by molar-refractivity contribution is 6.09. The Morgan fingerprint density at radius 1 is 0.515 bits per heavy atom. The third-order valence-corrected chi connectivity index (χ3v) is 6.46. The van der Waals surface area contributed by atoms with Crippen LogP contribution in [0.2, 0.25) is 0 Å². The zero-order valence-electron chi connectivity index (χ0n) is 19.0. The quantitative estimate of drug-likeness (QED) is 0.264. The van der Waals surface area contributed by atoms with Gasteiger partial charge in [0.1, 0.15) is 0 Å². The highest BCUT2D eigenvalue weighted by Gasteiger charge is 2.09. The van der Waals surface area contributed by atoms with Crippen molar-refractivity contribution < 1.29 is 0 Å². The van der Waals surface area contributed by atoms with Crippen LogP contribution in [0.4, 0.5) is 0 Å². The first kappa shape index (κ1) is 21.4. The SMILES string of the molecule is NCCCc1cccc(-c2ccc3[nH]c4ccc(-c5cccc(CCCN)c5)cc4c3c2)c1. The molecule has 5 N–H and O–H groups in total. The summed E-state index contributed by atoms with van der Waals surface area (Å²) in [6, 6.07) is 31.1. The van der Waals surface area contributed by atoms with Crippen molar-refractivity contribution in [2.75, 3.05) is 13.1 Å². The van der Waals surface area contributed by atoms with Gasteiger partial charge in [-0.1, -0.05) is 60.7 Å². The second-order valence-electron chi connectivity index (χ2n) is 8.83. The summed E-state index contributed by atoms with van der Waals surface area (Å²) in [6.45, 7) is 1.45. The number of hydrogen-bond donors (Lipinski definition) is 3. The first-order valence-corrected chi connectivity index (χ1v) is 11.9. The number of hydrogen-bond acceptors (Lipinski definition) is 2. The van der Waals surface area contributed by atoms with Crippen molar-refractivity contribution in [3.63, 3.8) is 0 Å². The zero-order chi connectivity index (χ0) is 22.6. The fourth-order valence-corrected chi connectivity index (χ4v) is 4.68. The molecule has 166 valence electrons. The van der Waals surface area contributed by atoms with Gasteiger partial charge < -0.3 is 16.5 Å². The summed E-state index contributed by atoms with van der Waals surface area (Å²) >= 11 is 0. The van der Waals surface area contributed by atoms with Gasteiger partial charge in [0.15, 0.2) is 0 Å². The summed E-state index contributed by atoms with van der Waals surface area (Å²) in [6.07, 6.45) is 4.07. The van der Waals surface area contributed by atoms with E-state index >= 15 is 0 Å². The molecule has 5 aromatic rings. The Hall–Kier alpha value is -3.40. The Bertz CT molecular complexity index is 1290. The van der Waals surface area contributed by atoms with Gasteiger partial charge >= 0.3 is 0 Å². The van der Waals surface area contributed by atoms with Crippen molar-refractivity contribution in [1.82, 2.24) is 4.98 Å². The van der Waals surface area contributed by atoms with E-state index in [9.17, 15) is 0 Å². The van der Waals surface area contributed by atoms with Gasteiger partial charge in [-0.05, 0) is 96.4 Å². The number of benzene rings is 4. The van der Waals surface area contributed by atoms with E-state index in [4.69, 9.17) is 11.5 Å². The first-order chi connectivity index (χ1) is 16.2. The van der Waals surface area contributed by atoms with Crippen LogP contribution in [-0.4, -0.2) is 18.1 Å². The summed E-state index contributed by atoms with van der Waals surface area (Å²) < 4.78 is 0. The molecule has 0 amide bonds. The number of aromatic amines is 1. The van der Waals surface area contributed by atoms with Gasteiger partial charge in [-0.25, -0.2) is 0 Å². The maximum absolute atomic E-state index is 5.70. The molecule has 3 heteroatoms. The molecule has 5 rings (SSSR count). The largest absolute Gasteiger partial charge is 0.355 e. The van der Waals surface area contributed by atoms with Crippen LogP contribution >= 0.6 is 0 Å². The second-order valence-corrected chi connectivity index (χ2v) is 8.83. The summed E-state index contributed by atoms with van der Waals surface area (Å²) in [7, 11) is 0. The molecule has 0 aliphatic heterocycles. The summed E-state index contributed by atoms with van der Waals surface area (Å²) in [5.74, 6) is 0. The van der Waals surface area contributed by atoms with E-state index in [1.54, 1.807) is 0 Å². The minimum absolute atomic E-state index is 0.726. The molecule has 0 unspecified atom stereocenters. The van der Waals surface area contributed by atoms with E-state index < -0.39 is 0 Å². The molecule has 0 bridgehead atoms. The van der Waals surface area contributed by atoms with Crippen molar-refractivity contribution >= 4 is 21.8 Å². The Labute approximate surface area is 195 Å². The average molecular weight is 434 g/mol. The average Bonchev–Trinajstić information content (AvgIpc) is 3.23. The van der Waals surface area contributed by atoms with Gasteiger partial charge in [0, 0.05) is 21.8 Å². The molecule has 0 saturated carbocycles. The second kappa shape index (κ2) is 9.62. The summed E-state index contributed by atoms with van der Waals surface area (Å²) in [5, 5.41) is 2.52. The molecule has 0 atom stereocenters. The maximum Gasteiger partial charge on any atom is 0.0465 e. The number of H-pyrrole nitrogens is 1. The van der Waals surface area contributed by atoms with Gasteiger partial charge in [-0.2, -0.15) is 0 Å². The normalized spacial score (nSPS) is 11.5. The molecule has 1 aromatic heterocycles. The number of aromatic nitrogens is 1. The van der Waals surface area contributed by atoms with Crippen LogP contribution in [0.3, 0.4) is 0 Å². The summed E-state index contributed by atoms with van der Waals surface area (Å²) in [4.78, 5) is 3.59. The molecule has 0 radical (unpaired) electrons. The van der Waals surface area contributed by atoms with Crippen molar-refractivity contribution in [1.29, 1.82) is 0 Å². The van der Waals surface area contributed by atoms with Crippen LogP contribution in [0.25, 0.3) is 44.1 Å². The molecule has 0 aliphatic rings. The molecule has 4 aromatic carbocycles. The molecule has 33 heavy (non-hydrogen) atoms. The van der Waals surface area contributed by atoms with Crippen LogP contribution in [0, 0.1) is 0 Å². The van der Waals surface area contributed by atoms with Crippen molar-refractivity contribution in [2.24, 2.45) is 11.5 Å². The van der Waals surface area contributed by atoms with Crippen LogP contribution < -0.4 is 11.5 Å². The molecule has 1 heterocycles. The lowest BCUT2D eigenvalue weighted by Gasteiger charge is -2.07. The van der Waals surface area contributed by atoms with Crippen molar-refractivity contribution in [2.45, 2.75) is 25.7 Å². The van der Waals surface area contributed by atoms with Crippen LogP contribution in [0.5, 0.6) is 0 Å². The van der Waals surface area contributed by atoms with Crippen molar-refractivity contribution in [3.05, 3.63) is 96.1 Å². The van der Waals surface area contributed by atoms with Gasteiger partial charge in [-0.3, -0.25) is 0 Å². The highest BCUT2D eigenvalue weighted by atomic mass is 14.7. The minimum atomic E-state index is 0.726. The molecular weight excluding hydrogens is 402 g/mol. The predicted octanol–water partition coefficient (Wildman–Crippen LogP) is 6.44. The zero-order valence-corrected chi connectivity index (χ0v) is 19.0. The lowest BCUT2D eigenvalue weighted by atomic mass is 9.97. The number of nitrogens with one attached hydrogen (secondary N) is 1. The Kier molecular flexibility index (Phi) is 6.25. The topological polar surface area (TPSA) is 67.8 Å². The van der Waals surface area contributed by atoms with Crippen LogP contribution in [-0.2, 0) is 12.8 Å². The number of rotatable bonds is 8. The van der Waals surface area contributed by atoms with Gasteiger partial charge in [-0.15, -0.1) is 0 Å². The van der Waals surface area contributed by atoms with E-state index in [1.807, 2.05) is 0 Å².